The minimum atomic E-state index is 0.391. The molecule has 1 aromatic heterocycles. The zero-order valence-electron chi connectivity index (χ0n) is 10.6. The predicted molar refractivity (Wildman–Crippen MR) is 79.8 cm³/mol. The van der Waals surface area contributed by atoms with E-state index in [1.807, 2.05) is 18.2 Å². The summed E-state index contributed by atoms with van der Waals surface area (Å²) in [6, 6.07) is 9.25. The van der Waals surface area contributed by atoms with Crippen LogP contribution in [0, 0.1) is 0 Å². The van der Waals surface area contributed by atoms with Crippen LogP contribution in [-0.2, 0) is 0 Å². The van der Waals surface area contributed by atoms with Crippen LogP contribution in [0.2, 0.25) is 5.15 Å². The van der Waals surface area contributed by atoms with Crippen LogP contribution >= 0.6 is 23.4 Å². The number of nitrogens with two attached hydrogens (primary N) is 1. The van der Waals surface area contributed by atoms with Gasteiger partial charge < -0.3 is 15.2 Å². The van der Waals surface area contributed by atoms with Crippen molar-refractivity contribution in [3.05, 3.63) is 35.5 Å². The number of nitrogen functional groups attached to an aromatic ring is 1. The minimum absolute atomic E-state index is 0.391. The van der Waals surface area contributed by atoms with E-state index in [-0.39, 0.29) is 0 Å². The molecule has 0 saturated carbocycles. The number of benzene rings is 1. The molecule has 0 unspecified atom stereocenters. The van der Waals surface area contributed by atoms with E-state index in [0.29, 0.717) is 24.1 Å². The molecule has 0 aliphatic carbocycles. The summed E-state index contributed by atoms with van der Waals surface area (Å²) < 4.78 is 11.3. The van der Waals surface area contributed by atoms with Gasteiger partial charge in [-0.1, -0.05) is 23.4 Å². The van der Waals surface area contributed by atoms with Crippen LogP contribution in [0.25, 0.3) is 0 Å². The van der Waals surface area contributed by atoms with Gasteiger partial charge in [-0.05, 0) is 30.3 Å². The monoisotopic (exact) mass is 308 g/mol. The average molecular weight is 309 g/mol. The molecule has 3 rings (SSSR count). The predicted octanol–water partition coefficient (Wildman–Crippen LogP) is 3.63. The second-order valence-electron chi connectivity index (χ2n) is 4.32. The molecule has 1 aromatic carbocycles. The van der Waals surface area contributed by atoms with Crippen molar-refractivity contribution in [2.45, 2.75) is 16.3 Å². The van der Waals surface area contributed by atoms with Gasteiger partial charge in [0.05, 0.1) is 13.2 Å². The Labute approximate surface area is 126 Å². The van der Waals surface area contributed by atoms with Gasteiger partial charge in [-0.2, -0.15) is 0 Å². The molecule has 1 aliphatic rings. The summed E-state index contributed by atoms with van der Waals surface area (Å²) in [4.78, 5) is 5.24. The van der Waals surface area contributed by atoms with Gasteiger partial charge in [-0.25, -0.2) is 4.98 Å². The molecule has 1 aliphatic heterocycles. The first kappa shape index (κ1) is 13.4. The van der Waals surface area contributed by atoms with Gasteiger partial charge in [-0.3, -0.25) is 0 Å². The quantitative estimate of drug-likeness (QED) is 0.859. The van der Waals surface area contributed by atoms with Crippen molar-refractivity contribution >= 4 is 29.1 Å². The Morgan fingerprint density at radius 2 is 1.90 bits per heavy atom. The summed E-state index contributed by atoms with van der Waals surface area (Å²) in [6.07, 6.45) is 0.892. The molecule has 0 radical (unpaired) electrons. The fraction of sp³-hybridized carbons (Fsp3) is 0.214. The molecule has 0 bridgehead atoms. The van der Waals surface area contributed by atoms with E-state index in [0.717, 1.165) is 27.8 Å². The fourth-order valence-electron chi connectivity index (χ4n) is 1.87. The summed E-state index contributed by atoms with van der Waals surface area (Å²) in [5.74, 6) is 1.55. The van der Waals surface area contributed by atoms with E-state index in [1.165, 1.54) is 11.8 Å². The number of pyridine rings is 1. The van der Waals surface area contributed by atoms with Crippen molar-refractivity contribution < 1.29 is 9.47 Å². The molecule has 104 valence electrons. The number of rotatable bonds is 2. The highest BCUT2D eigenvalue weighted by atomic mass is 35.5. The number of ether oxygens (including phenoxy) is 2. The highest BCUT2D eigenvalue weighted by Crippen LogP contribution is 2.36. The zero-order chi connectivity index (χ0) is 13.9. The first-order valence-corrected chi connectivity index (χ1v) is 7.41. The third kappa shape index (κ3) is 3.11. The number of hydrogen-bond acceptors (Lipinski definition) is 5. The SMILES string of the molecule is Nc1cc(Cl)nc(Sc2ccc3c(c2)OCCCO3)c1. The van der Waals surface area contributed by atoms with Crippen molar-refractivity contribution in [1.29, 1.82) is 0 Å². The molecule has 2 aromatic rings. The average Bonchev–Trinajstić information content (AvgIpc) is 2.62. The molecular formula is C14H13ClN2O2S. The number of anilines is 1. The van der Waals surface area contributed by atoms with Crippen LogP contribution in [0.15, 0.2) is 40.3 Å². The number of fused-ring (bicyclic) bond motifs is 1. The maximum absolute atomic E-state index is 5.90. The molecule has 0 amide bonds. The largest absolute Gasteiger partial charge is 0.490 e. The molecule has 2 heterocycles. The fourth-order valence-corrected chi connectivity index (χ4v) is 3.02. The van der Waals surface area contributed by atoms with Crippen molar-refractivity contribution in [2.75, 3.05) is 18.9 Å². The Bertz CT molecular complexity index is 616. The molecule has 0 saturated heterocycles. The van der Waals surface area contributed by atoms with E-state index in [4.69, 9.17) is 26.8 Å². The molecule has 0 spiro atoms. The Morgan fingerprint density at radius 1 is 1.10 bits per heavy atom. The normalized spacial score (nSPS) is 13.8. The Kier molecular flexibility index (Phi) is 3.89. The van der Waals surface area contributed by atoms with Crippen LogP contribution in [0.3, 0.4) is 0 Å². The maximum atomic E-state index is 5.90. The van der Waals surface area contributed by atoms with Crippen LogP contribution < -0.4 is 15.2 Å². The van der Waals surface area contributed by atoms with Crippen LogP contribution in [0.1, 0.15) is 6.42 Å². The zero-order valence-corrected chi connectivity index (χ0v) is 12.2. The third-order valence-electron chi connectivity index (χ3n) is 2.73. The summed E-state index contributed by atoms with van der Waals surface area (Å²) in [6.45, 7) is 1.36. The summed E-state index contributed by atoms with van der Waals surface area (Å²) in [7, 11) is 0. The lowest BCUT2D eigenvalue weighted by Gasteiger charge is -2.09. The van der Waals surface area contributed by atoms with Crippen LogP contribution in [-0.4, -0.2) is 18.2 Å². The maximum Gasteiger partial charge on any atom is 0.162 e. The van der Waals surface area contributed by atoms with Crippen LogP contribution in [0.4, 0.5) is 5.69 Å². The Morgan fingerprint density at radius 3 is 2.70 bits per heavy atom. The van der Waals surface area contributed by atoms with Gasteiger partial charge >= 0.3 is 0 Å². The lowest BCUT2D eigenvalue weighted by molar-refractivity contribution is 0.297. The molecule has 6 heteroatoms. The van der Waals surface area contributed by atoms with Crippen molar-refractivity contribution in [2.24, 2.45) is 0 Å². The number of hydrogen-bond donors (Lipinski definition) is 1. The van der Waals surface area contributed by atoms with E-state index < -0.39 is 0 Å². The first-order valence-electron chi connectivity index (χ1n) is 6.21. The molecule has 2 N–H and O–H groups in total. The van der Waals surface area contributed by atoms with Gasteiger partial charge in [0.2, 0.25) is 0 Å². The lowest BCUT2D eigenvalue weighted by atomic mass is 10.3. The van der Waals surface area contributed by atoms with E-state index in [9.17, 15) is 0 Å². The summed E-state index contributed by atoms with van der Waals surface area (Å²) in [5, 5.41) is 1.14. The van der Waals surface area contributed by atoms with Crippen molar-refractivity contribution in [3.63, 3.8) is 0 Å². The summed E-state index contributed by atoms with van der Waals surface area (Å²) in [5.41, 5.74) is 6.36. The standard InChI is InChI=1S/C14H13ClN2O2S/c15-13-6-9(16)7-14(17-13)20-10-2-3-11-12(8-10)19-5-1-4-18-11/h2-3,6-8H,1,4-5H2,(H2,16,17). The molecule has 20 heavy (non-hydrogen) atoms. The second-order valence-corrected chi connectivity index (χ2v) is 5.80. The molecule has 0 atom stereocenters. The van der Waals surface area contributed by atoms with E-state index >= 15 is 0 Å². The topological polar surface area (TPSA) is 57.4 Å². The van der Waals surface area contributed by atoms with Gasteiger partial charge in [0.15, 0.2) is 11.5 Å². The van der Waals surface area contributed by atoms with E-state index in [1.54, 1.807) is 12.1 Å². The van der Waals surface area contributed by atoms with Gasteiger partial charge in [0.25, 0.3) is 0 Å². The minimum Gasteiger partial charge on any atom is -0.490 e. The highest BCUT2D eigenvalue weighted by Gasteiger charge is 2.11. The lowest BCUT2D eigenvalue weighted by Crippen LogP contribution is -1.97. The molecular weight excluding hydrogens is 296 g/mol. The molecule has 4 nitrogen and oxygen atoms in total. The number of nitrogens with zero attached hydrogens (tertiary/aromatic N) is 1. The summed E-state index contributed by atoms with van der Waals surface area (Å²) >= 11 is 7.39. The highest BCUT2D eigenvalue weighted by molar-refractivity contribution is 7.99. The molecule has 0 fully saturated rings. The Hall–Kier alpha value is -1.59. The van der Waals surface area contributed by atoms with E-state index in [2.05, 4.69) is 4.98 Å². The number of aromatic nitrogens is 1. The van der Waals surface area contributed by atoms with Gasteiger partial charge in [-0.15, -0.1) is 0 Å². The van der Waals surface area contributed by atoms with Crippen molar-refractivity contribution in [3.8, 4) is 11.5 Å². The third-order valence-corrected chi connectivity index (χ3v) is 3.84. The smallest absolute Gasteiger partial charge is 0.162 e. The number of halogens is 1. The van der Waals surface area contributed by atoms with Crippen LogP contribution in [0.5, 0.6) is 11.5 Å². The second kappa shape index (κ2) is 5.81. The van der Waals surface area contributed by atoms with Crippen molar-refractivity contribution in [1.82, 2.24) is 4.98 Å². The first-order chi connectivity index (χ1) is 9.70. The van der Waals surface area contributed by atoms with Gasteiger partial charge in [0, 0.05) is 17.0 Å². The Balaban J connectivity index is 1.85. The van der Waals surface area contributed by atoms with Gasteiger partial charge in [0.1, 0.15) is 10.2 Å².